The summed E-state index contributed by atoms with van der Waals surface area (Å²) in [5, 5.41) is 29.4. The Balaban J connectivity index is 2.24. The standard InChI is InChI=1S/C25H26O3/c1-2-3-4-5-18-25(19-6-12-22(26)13-7-19,20-8-14-23(27)15-9-20)21-10-16-24(28)17-11-21/h4-17,26-28H,2-3,18H2,1H3/b5-4+. The van der Waals surface area contributed by atoms with Gasteiger partial charge in [0.1, 0.15) is 17.2 Å². The highest BCUT2D eigenvalue weighted by Crippen LogP contribution is 2.43. The molecular formula is C25H26O3. The first-order valence-corrected chi connectivity index (χ1v) is 9.60. The molecule has 0 spiro atoms. The van der Waals surface area contributed by atoms with Gasteiger partial charge in [0.25, 0.3) is 0 Å². The Hall–Kier alpha value is -3.20. The number of phenols is 3. The highest BCUT2D eigenvalue weighted by Gasteiger charge is 2.35. The SMILES string of the molecule is CCC/C=C/CC(c1ccc(O)cc1)(c1ccc(O)cc1)c1ccc(O)cc1. The number of phenolic OH excluding ortho intramolecular Hbond substituents is 3. The molecule has 3 nitrogen and oxygen atoms in total. The molecule has 144 valence electrons. The number of hydrogen-bond donors (Lipinski definition) is 3. The molecule has 0 aliphatic rings. The third-order valence-electron chi connectivity index (χ3n) is 5.13. The second-order valence-electron chi connectivity index (χ2n) is 7.01. The number of hydrogen-bond acceptors (Lipinski definition) is 3. The molecule has 0 unspecified atom stereocenters. The fourth-order valence-electron chi connectivity index (χ4n) is 3.64. The monoisotopic (exact) mass is 374 g/mol. The number of allylic oxidation sites excluding steroid dienone is 2. The van der Waals surface area contributed by atoms with Crippen molar-refractivity contribution in [1.29, 1.82) is 0 Å². The molecule has 3 aromatic rings. The van der Waals surface area contributed by atoms with Crippen molar-refractivity contribution in [3.63, 3.8) is 0 Å². The predicted octanol–water partition coefficient (Wildman–Crippen LogP) is 5.88. The number of rotatable bonds is 7. The van der Waals surface area contributed by atoms with Gasteiger partial charge in [0.2, 0.25) is 0 Å². The van der Waals surface area contributed by atoms with E-state index in [2.05, 4.69) is 19.1 Å². The van der Waals surface area contributed by atoms with Crippen LogP contribution in [0.4, 0.5) is 0 Å². The molecule has 0 radical (unpaired) electrons. The molecule has 0 fully saturated rings. The van der Waals surface area contributed by atoms with Crippen LogP contribution in [0.1, 0.15) is 42.9 Å². The second kappa shape index (κ2) is 8.66. The van der Waals surface area contributed by atoms with Gasteiger partial charge in [0.15, 0.2) is 0 Å². The molecule has 3 heteroatoms. The maximum atomic E-state index is 9.80. The van der Waals surface area contributed by atoms with Crippen molar-refractivity contribution >= 4 is 0 Å². The third-order valence-corrected chi connectivity index (χ3v) is 5.13. The van der Waals surface area contributed by atoms with Crippen LogP contribution >= 0.6 is 0 Å². The average Bonchev–Trinajstić information content (AvgIpc) is 2.71. The molecule has 0 aliphatic heterocycles. The molecule has 0 heterocycles. The molecule has 0 atom stereocenters. The van der Waals surface area contributed by atoms with Crippen LogP contribution in [0.15, 0.2) is 84.9 Å². The van der Waals surface area contributed by atoms with E-state index >= 15 is 0 Å². The Labute approximate surface area is 166 Å². The molecule has 0 saturated heterocycles. The molecule has 0 aliphatic carbocycles. The molecule has 0 aromatic heterocycles. The highest BCUT2D eigenvalue weighted by molar-refractivity contribution is 5.53. The lowest BCUT2D eigenvalue weighted by molar-refractivity contribution is 0.473. The van der Waals surface area contributed by atoms with E-state index in [1.165, 1.54) is 0 Å². The van der Waals surface area contributed by atoms with Gasteiger partial charge in [-0.25, -0.2) is 0 Å². The summed E-state index contributed by atoms with van der Waals surface area (Å²) in [7, 11) is 0. The predicted molar refractivity (Wildman–Crippen MR) is 113 cm³/mol. The Morgan fingerprint density at radius 3 is 1.29 bits per heavy atom. The first-order chi connectivity index (χ1) is 13.6. The average molecular weight is 374 g/mol. The van der Waals surface area contributed by atoms with Crippen LogP contribution in [0.25, 0.3) is 0 Å². The van der Waals surface area contributed by atoms with Gasteiger partial charge in [-0.15, -0.1) is 0 Å². The van der Waals surface area contributed by atoms with Crippen molar-refractivity contribution < 1.29 is 15.3 Å². The minimum absolute atomic E-state index is 0.218. The summed E-state index contributed by atoms with van der Waals surface area (Å²) in [5.41, 5.74) is 2.58. The summed E-state index contributed by atoms with van der Waals surface area (Å²) in [6.07, 6.45) is 7.19. The normalized spacial score (nSPS) is 11.8. The lowest BCUT2D eigenvalue weighted by Gasteiger charge is -2.35. The van der Waals surface area contributed by atoms with Gasteiger partial charge in [-0.05, 0) is 65.9 Å². The van der Waals surface area contributed by atoms with Crippen LogP contribution in [0.3, 0.4) is 0 Å². The first-order valence-electron chi connectivity index (χ1n) is 9.60. The molecular weight excluding hydrogens is 348 g/mol. The van der Waals surface area contributed by atoms with Crippen LogP contribution in [0, 0.1) is 0 Å². The molecule has 0 saturated carbocycles. The number of benzene rings is 3. The minimum Gasteiger partial charge on any atom is -0.508 e. The van der Waals surface area contributed by atoms with E-state index in [0.717, 1.165) is 29.5 Å². The Morgan fingerprint density at radius 2 is 0.964 bits per heavy atom. The number of unbranched alkanes of at least 4 members (excludes halogenated alkanes) is 1. The van der Waals surface area contributed by atoms with E-state index in [0.29, 0.717) is 6.42 Å². The molecule has 3 rings (SSSR count). The zero-order chi connectivity index (χ0) is 20.0. The van der Waals surface area contributed by atoms with Crippen LogP contribution < -0.4 is 0 Å². The van der Waals surface area contributed by atoms with Gasteiger partial charge in [0, 0.05) is 5.41 Å². The van der Waals surface area contributed by atoms with Crippen molar-refractivity contribution in [3.8, 4) is 17.2 Å². The fraction of sp³-hybridized carbons (Fsp3) is 0.200. The second-order valence-corrected chi connectivity index (χ2v) is 7.01. The summed E-state index contributed by atoms with van der Waals surface area (Å²) in [5.74, 6) is 0.654. The Kier molecular flexibility index (Phi) is 6.05. The van der Waals surface area contributed by atoms with E-state index in [1.54, 1.807) is 36.4 Å². The summed E-state index contributed by atoms with van der Waals surface area (Å²) in [6.45, 7) is 2.15. The van der Waals surface area contributed by atoms with E-state index < -0.39 is 5.41 Å². The van der Waals surface area contributed by atoms with Crippen molar-refractivity contribution in [2.45, 2.75) is 31.6 Å². The Morgan fingerprint density at radius 1 is 0.607 bits per heavy atom. The van der Waals surface area contributed by atoms with Crippen molar-refractivity contribution in [2.24, 2.45) is 0 Å². The molecule has 3 aromatic carbocycles. The van der Waals surface area contributed by atoms with Gasteiger partial charge in [-0.1, -0.05) is 61.9 Å². The van der Waals surface area contributed by atoms with Crippen LogP contribution in [-0.2, 0) is 5.41 Å². The first kappa shape index (κ1) is 19.6. The van der Waals surface area contributed by atoms with E-state index in [4.69, 9.17) is 0 Å². The number of aromatic hydroxyl groups is 3. The van der Waals surface area contributed by atoms with E-state index in [-0.39, 0.29) is 17.2 Å². The zero-order valence-electron chi connectivity index (χ0n) is 16.0. The summed E-state index contributed by atoms with van der Waals surface area (Å²) < 4.78 is 0. The van der Waals surface area contributed by atoms with Crippen molar-refractivity contribution in [2.75, 3.05) is 0 Å². The molecule has 0 bridgehead atoms. The van der Waals surface area contributed by atoms with E-state index in [9.17, 15) is 15.3 Å². The maximum absolute atomic E-state index is 9.80. The third kappa shape index (κ3) is 4.04. The van der Waals surface area contributed by atoms with Crippen molar-refractivity contribution in [1.82, 2.24) is 0 Å². The zero-order valence-corrected chi connectivity index (χ0v) is 16.0. The largest absolute Gasteiger partial charge is 0.508 e. The topological polar surface area (TPSA) is 60.7 Å². The van der Waals surface area contributed by atoms with Crippen LogP contribution in [0.2, 0.25) is 0 Å². The summed E-state index contributed by atoms with van der Waals surface area (Å²) >= 11 is 0. The quantitative estimate of drug-likeness (QED) is 0.357. The van der Waals surface area contributed by atoms with Crippen LogP contribution in [0.5, 0.6) is 17.2 Å². The van der Waals surface area contributed by atoms with E-state index in [1.807, 2.05) is 36.4 Å². The van der Waals surface area contributed by atoms with Gasteiger partial charge in [-0.3, -0.25) is 0 Å². The van der Waals surface area contributed by atoms with Crippen molar-refractivity contribution in [3.05, 3.63) is 102 Å². The molecule has 3 N–H and O–H groups in total. The van der Waals surface area contributed by atoms with Gasteiger partial charge in [-0.2, -0.15) is 0 Å². The lowest BCUT2D eigenvalue weighted by Crippen LogP contribution is -2.28. The lowest BCUT2D eigenvalue weighted by atomic mass is 9.67. The molecule has 28 heavy (non-hydrogen) atoms. The van der Waals surface area contributed by atoms with Crippen LogP contribution in [-0.4, -0.2) is 15.3 Å². The van der Waals surface area contributed by atoms with Gasteiger partial charge >= 0.3 is 0 Å². The smallest absolute Gasteiger partial charge is 0.115 e. The maximum Gasteiger partial charge on any atom is 0.115 e. The Bertz CT molecular complexity index is 797. The summed E-state index contributed by atoms with van der Waals surface area (Å²) in [4.78, 5) is 0. The molecule has 0 amide bonds. The fourth-order valence-corrected chi connectivity index (χ4v) is 3.64. The van der Waals surface area contributed by atoms with Gasteiger partial charge < -0.3 is 15.3 Å². The highest BCUT2D eigenvalue weighted by atomic mass is 16.3. The summed E-state index contributed by atoms with van der Waals surface area (Å²) in [6, 6.07) is 21.8. The van der Waals surface area contributed by atoms with Gasteiger partial charge in [0.05, 0.1) is 0 Å². The minimum atomic E-state index is -0.515.